The van der Waals surface area contributed by atoms with Crippen molar-refractivity contribution in [2.45, 2.75) is 13.8 Å². The van der Waals surface area contributed by atoms with Crippen LogP contribution in [-0.2, 0) is 0 Å². The number of aldehydes is 2. The van der Waals surface area contributed by atoms with Crippen LogP contribution in [-0.4, -0.2) is 20.3 Å². The average molecular weight is 281 g/mol. The summed E-state index contributed by atoms with van der Waals surface area (Å²) in [5.41, 5.74) is 2.91. The average Bonchev–Trinajstić information content (AvgIpc) is 2.46. The molecule has 0 N–H and O–H groups in total. The Bertz CT molecular complexity index is 610. The van der Waals surface area contributed by atoms with E-state index in [9.17, 15) is 9.59 Å². The highest BCUT2D eigenvalue weighted by Crippen LogP contribution is 2.18. The van der Waals surface area contributed by atoms with Gasteiger partial charge in [0, 0.05) is 11.1 Å². The van der Waals surface area contributed by atoms with Crippen LogP contribution in [0.1, 0.15) is 31.8 Å². The van der Waals surface area contributed by atoms with Crippen LogP contribution in [0.2, 0.25) is 0 Å². The molecule has 0 bridgehead atoms. The minimum absolute atomic E-state index is 0.514. The fraction of sp³-hybridized carbons (Fsp3) is 0.125. The van der Waals surface area contributed by atoms with Crippen molar-refractivity contribution >= 4 is 20.3 Å². The van der Waals surface area contributed by atoms with E-state index in [-0.39, 0.29) is 0 Å². The Morgan fingerprint density at radius 2 is 1.19 bits per heavy atom. The second-order valence-electron chi connectivity index (χ2n) is 4.73. The highest BCUT2D eigenvalue weighted by Gasteiger charge is 2.05. The molecule has 0 unspecified atom stereocenters. The maximum Gasteiger partial charge on any atom is 0.658 e. The summed E-state index contributed by atoms with van der Waals surface area (Å²) >= 11 is 0. The third-order valence-corrected chi connectivity index (χ3v) is 2.79. The van der Waals surface area contributed by atoms with Crippen LogP contribution in [0, 0.1) is 13.8 Å². The quantitative estimate of drug-likeness (QED) is 0.603. The molecule has 0 saturated carbocycles. The van der Waals surface area contributed by atoms with Gasteiger partial charge in [0.15, 0.2) is 0 Å². The fourth-order valence-electron chi connectivity index (χ4n) is 1.96. The standard InChI is InChI=1S/C16H14BO4/c1-11-3-13(9-18)7-15(5-11)20-17-21-16-6-12(2)4-14(8-16)10-19/h3-10H,1-2H3. The van der Waals surface area contributed by atoms with Gasteiger partial charge in [-0.15, -0.1) is 0 Å². The normalized spacial score (nSPS) is 9.81. The maximum absolute atomic E-state index is 10.8. The second kappa shape index (κ2) is 6.75. The van der Waals surface area contributed by atoms with Crippen molar-refractivity contribution in [3.8, 4) is 11.5 Å². The van der Waals surface area contributed by atoms with Crippen LogP contribution in [0.3, 0.4) is 0 Å². The first-order chi connectivity index (χ1) is 10.1. The van der Waals surface area contributed by atoms with Crippen LogP contribution in [0.4, 0.5) is 0 Å². The third kappa shape index (κ3) is 4.21. The summed E-state index contributed by atoms with van der Waals surface area (Å²) < 4.78 is 10.7. The van der Waals surface area contributed by atoms with Crippen LogP contribution in [0.5, 0.6) is 11.5 Å². The number of rotatable bonds is 6. The van der Waals surface area contributed by atoms with Crippen molar-refractivity contribution in [3.63, 3.8) is 0 Å². The number of benzene rings is 2. The molecule has 0 aliphatic heterocycles. The number of aryl methyl sites for hydroxylation is 2. The summed E-state index contributed by atoms with van der Waals surface area (Å²) in [4.78, 5) is 21.6. The molecule has 0 aliphatic carbocycles. The van der Waals surface area contributed by atoms with Gasteiger partial charge in [0.2, 0.25) is 0 Å². The van der Waals surface area contributed by atoms with Gasteiger partial charge >= 0.3 is 7.69 Å². The predicted molar refractivity (Wildman–Crippen MR) is 80.1 cm³/mol. The Kier molecular flexibility index (Phi) is 4.77. The molecule has 0 spiro atoms. The van der Waals surface area contributed by atoms with Gasteiger partial charge in [-0.2, -0.15) is 0 Å². The molecule has 4 nitrogen and oxygen atoms in total. The Morgan fingerprint density at radius 3 is 1.57 bits per heavy atom. The van der Waals surface area contributed by atoms with E-state index in [0.717, 1.165) is 23.7 Å². The minimum Gasteiger partial charge on any atom is -0.526 e. The Labute approximate surface area is 124 Å². The molecule has 2 aromatic rings. The SMILES string of the molecule is Cc1cc(C=O)cc(O[B]Oc2cc(C)cc(C=O)c2)c1. The van der Waals surface area contributed by atoms with E-state index < -0.39 is 0 Å². The molecular weight excluding hydrogens is 267 g/mol. The molecule has 0 amide bonds. The lowest BCUT2D eigenvalue weighted by atomic mass is 10.1. The lowest BCUT2D eigenvalue weighted by Gasteiger charge is -2.09. The summed E-state index contributed by atoms with van der Waals surface area (Å²) in [6.45, 7) is 3.75. The number of carbonyl (C=O) groups is 2. The number of carbonyl (C=O) groups excluding carboxylic acids is 2. The highest BCUT2D eigenvalue weighted by molar-refractivity contribution is 6.20. The summed E-state index contributed by atoms with van der Waals surface area (Å²) in [6.07, 6.45) is 1.52. The largest absolute Gasteiger partial charge is 0.658 e. The monoisotopic (exact) mass is 281 g/mol. The van der Waals surface area contributed by atoms with Crippen molar-refractivity contribution in [1.29, 1.82) is 0 Å². The minimum atomic E-state index is 0.514. The Hall–Kier alpha value is -2.56. The summed E-state index contributed by atoms with van der Waals surface area (Å²) in [5.74, 6) is 1.03. The number of hydrogen-bond donors (Lipinski definition) is 0. The molecule has 21 heavy (non-hydrogen) atoms. The molecule has 0 aliphatic rings. The smallest absolute Gasteiger partial charge is 0.526 e. The van der Waals surface area contributed by atoms with Crippen LogP contribution >= 0.6 is 0 Å². The number of hydrogen-bond acceptors (Lipinski definition) is 4. The lowest BCUT2D eigenvalue weighted by Crippen LogP contribution is -2.11. The van der Waals surface area contributed by atoms with E-state index in [1.54, 1.807) is 36.4 Å². The molecule has 0 aromatic heterocycles. The van der Waals surface area contributed by atoms with Crippen LogP contribution < -0.4 is 9.31 Å². The van der Waals surface area contributed by atoms with E-state index in [0.29, 0.717) is 22.6 Å². The molecule has 5 heteroatoms. The van der Waals surface area contributed by atoms with E-state index in [1.165, 1.54) is 7.69 Å². The van der Waals surface area contributed by atoms with E-state index in [2.05, 4.69) is 0 Å². The first-order valence-electron chi connectivity index (χ1n) is 6.39. The zero-order valence-electron chi connectivity index (χ0n) is 11.8. The van der Waals surface area contributed by atoms with Gasteiger partial charge in [-0.3, -0.25) is 9.59 Å². The van der Waals surface area contributed by atoms with Gasteiger partial charge in [0.05, 0.1) is 0 Å². The molecule has 105 valence electrons. The fourth-order valence-corrected chi connectivity index (χ4v) is 1.96. The van der Waals surface area contributed by atoms with E-state index >= 15 is 0 Å². The van der Waals surface area contributed by atoms with Crippen molar-refractivity contribution in [1.82, 2.24) is 0 Å². The van der Waals surface area contributed by atoms with E-state index in [4.69, 9.17) is 9.31 Å². The van der Waals surface area contributed by atoms with Gasteiger partial charge in [0.1, 0.15) is 24.1 Å². The topological polar surface area (TPSA) is 52.6 Å². The zero-order valence-corrected chi connectivity index (χ0v) is 11.8. The molecule has 0 saturated heterocycles. The molecule has 0 fully saturated rings. The van der Waals surface area contributed by atoms with E-state index in [1.807, 2.05) is 13.8 Å². The van der Waals surface area contributed by atoms with Gasteiger partial charge < -0.3 is 9.31 Å². The van der Waals surface area contributed by atoms with Crippen LogP contribution in [0.25, 0.3) is 0 Å². The Morgan fingerprint density at radius 1 is 0.762 bits per heavy atom. The molecule has 1 radical (unpaired) electrons. The van der Waals surface area contributed by atoms with Crippen molar-refractivity contribution in [3.05, 3.63) is 58.7 Å². The maximum atomic E-state index is 10.8. The van der Waals surface area contributed by atoms with Gasteiger partial charge in [-0.1, -0.05) is 0 Å². The predicted octanol–water partition coefficient (Wildman–Crippen LogP) is 2.92. The van der Waals surface area contributed by atoms with Gasteiger partial charge in [-0.25, -0.2) is 0 Å². The molecule has 2 aromatic carbocycles. The summed E-state index contributed by atoms with van der Waals surface area (Å²) in [6, 6.07) is 10.3. The molecule has 2 rings (SSSR count). The van der Waals surface area contributed by atoms with Crippen LogP contribution in [0.15, 0.2) is 36.4 Å². The summed E-state index contributed by atoms with van der Waals surface area (Å²) in [5, 5.41) is 0. The lowest BCUT2D eigenvalue weighted by molar-refractivity contribution is 0.111. The Balaban J connectivity index is 2.01. The first-order valence-corrected chi connectivity index (χ1v) is 6.39. The second-order valence-corrected chi connectivity index (χ2v) is 4.73. The highest BCUT2D eigenvalue weighted by atomic mass is 16.6. The summed E-state index contributed by atoms with van der Waals surface area (Å²) in [7, 11) is 1.17. The molecular formula is C16H14BO4. The van der Waals surface area contributed by atoms with Gasteiger partial charge in [-0.05, 0) is 61.4 Å². The zero-order chi connectivity index (χ0) is 15.2. The van der Waals surface area contributed by atoms with Gasteiger partial charge in [0.25, 0.3) is 0 Å². The third-order valence-electron chi connectivity index (χ3n) is 2.79. The van der Waals surface area contributed by atoms with Crippen molar-refractivity contribution < 1.29 is 18.9 Å². The van der Waals surface area contributed by atoms with Crippen molar-refractivity contribution in [2.75, 3.05) is 0 Å². The first kappa shape index (κ1) is 14.8. The molecule has 0 atom stereocenters. The molecule has 0 heterocycles. The van der Waals surface area contributed by atoms with Crippen molar-refractivity contribution in [2.24, 2.45) is 0 Å².